The van der Waals surface area contributed by atoms with Crippen molar-refractivity contribution in [3.8, 4) is 33.8 Å². The first-order valence-corrected chi connectivity index (χ1v) is 8.05. The monoisotopic (exact) mass is 309 g/mol. The average molecular weight is 309 g/mol. The Morgan fingerprint density at radius 3 is 1.50 bits per heavy atom. The van der Waals surface area contributed by atoms with Gasteiger partial charge in [-0.2, -0.15) is 0 Å². The van der Waals surface area contributed by atoms with Crippen molar-refractivity contribution in [2.24, 2.45) is 0 Å². The van der Waals surface area contributed by atoms with Gasteiger partial charge in [-0.25, -0.2) is 4.42 Å². The van der Waals surface area contributed by atoms with Gasteiger partial charge in [-0.05, 0) is 35.9 Å². The van der Waals surface area contributed by atoms with Crippen LogP contribution in [0.4, 0.5) is 0 Å². The van der Waals surface area contributed by atoms with E-state index in [1.165, 1.54) is 0 Å². The molecule has 0 amide bonds. The van der Waals surface area contributed by atoms with E-state index in [2.05, 4.69) is 54.6 Å². The van der Waals surface area contributed by atoms with Crippen LogP contribution in [0.5, 0.6) is 0 Å². The standard InChI is InChI=1S/C23H17O/c1-4-10-18(11-5-1)21-16-17-22(19-12-6-2-7-13-19)24-23(21)20-14-8-3-9-15-20/h1-17H/q+1. The fraction of sp³-hybridized carbons (Fsp3) is 0. The van der Waals surface area contributed by atoms with Crippen LogP contribution < -0.4 is 0 Å². The molecule has 24 heavy (non-hydrogen) atoms. The summed E-state index contributed by atoms with van der Waals surface area (Å²) in [6.07, 6.45) is 0. The molecule has 0 saturated carbocycles. The van der Waals surface area contributed by atoms with Gasteiger partial charge >= 0.3 is 11.5 Å². The molecule has 0 aliphatic carbocycles. The minimum Gasteiger partial charge on any atom is -0.206 e. The Hall–Kier alpha value is -3.19. The molecule has 1 heterocycles. The molecule has 0 saturated heterocycles. The summed E-state index contributed by atoms with van der Waals surface area (Å²) in [4.78, 5) is 0. The second-order valence-corrected chi connectivity index (χ2v) is 5.64. The molecule has 1 nitrogen and oxygen atoms in total. The topological polar surface area (TPSA) is 11.3 Å². The molecule has 0 fully saturated rings. The Kier molecular flexibility index (Phi) is 3.91. The highest BCUT2D eigenvalue weighted by atomic mass is 16.3. The zero-order valence-corrected chi connectivity index (χ0v) is 13.2. The van der Waals surface area contributed by atoms with Crippen LogP contribution in [0, 0.1) is 0 Å². The summed E-state index contributed by atoms with van der Waals surface area (Å²) in [5, 5.41) is 0. The lowest BCUT2D eigenvalue weighted by Crippen LogP contribution is -1.87. The predicted octanol–water partition coefficient (Wildman–Crippen LogP) is 6.56. The maximum Gasteiger partial charge on any atom is 0.368 e. The molecular formula is C23H17O+. The van der Waals surface area contributed by atoms with E-state index in [-0.39, 0.29) is 0 Å². The average Bonchev–Trinajstić information content (AvgIpc) is 2.69. The zero-order chi connectivity index (χ0) is 16.2. The summed E-state index contributed by atoms with van der Waals surface area (Å²) in [7, 11) is 0. The molecule has 4 rings (SSSR count). The quantitative estimate of drug-likeness (QED) is 0.390. The van der Waals surface area contributed by atoms with Crippen LogP contribution in [0.25, 0.3) is 33.8 Å². The molecule has 0 N–H and O–H groups in total. The smallest absolute Gasteiger partial charge is 0.206 e. The van der Waals surface area contributed by atoms with Crippen molar-refractivity contribution in [2.45, 2.75) is 0 Å². The van der Waals surface area contributed by atoms with Crippen LogP contribution in [-0.2, 0) is 0 Å². The lowest BCUT2D eigenvalue weighted by molar-refractivity contribution is 0.583. The van der Waals surface area contributed by atoms with Crippen LogP contribution in [0.15, 0.2) is 108 Å². The molecule has 0 bridgehead atoms. The summed E-state index contributed by atoms with van der Waals surface area (Å²) in [5.74, 6) is 1.76. The molecule has 1 heteroatoms. The summed E-state index contributed by atoms with van der Waals surface area (Å²) in [6, 6.07) is 35.0. The van der Waals surface area contributed by atoms with Gasteiger partial charge in [0.15, 0.2) is 0 Å². The van der Waals surface area contributed by atoms with Gasteiger partial charge in [0.05, 0.1) is 16.7 Å². The first kappa shape index (κ1) is 14.4. The van der Waals surface area contributed by atoms with Crippen molar-refractivity contribution in [3.05, 3.63) is 103 Å². The molecule has 4 aromatic rings. The summed E-state index contributed by atoms with van der Waals surface area (Å²) >= 11 is 0. The van der Waals surface area contributed by atoms with Crippen LogP contribution in [0.3, 0.4) is 0 Å². The van der Waals surface area contributed by atoms with E-state index in [4.69, 9.17) is 4.42 Å². The van der Waals surface area contributed by atoms with Crippen molar-refractivity contribution in [3.63, 3.8) is 0 Å². The third kappa shape index (κ3) is 2.84. The minimum atomic E-state index is 0.870. The lowest BCUT2D eigenvalue weighted by Gasteiger charge is -2.02. The van der Waals surface area contributed by atoms with Crippen molar-refractivity contribution in [2.75, 3.05) is 0 Å². The molecule has 0 unspecified atom stereocenters. The third-order valence-electron chi connectivity index (χ3n) is 4.04. The van der Waals surface area contributed by atoms with Gasteiger partial charge in [0, 0.05) is 6.07 Å². The number of rotatable bonds is 3. The van der Waals surface area contributed by atoms with E-state index in [1.807, 2.05) is 48.5 Å². The lowest BCUT2D eigenvalue weighted by atomic mass is 10.00. The SMILES string of the molecule is c1ccc(-c2ccc(-c3ccccc3)c(-c3ccccc3)[o+]2)cc1. The van der Waals surface area contributed by atoms with Crippen LogP contribution in [0.1, 0.15) is 0 Å². The van der Waals surface area contributed by atoms with Gasteiger partial charge in [-0.3, -0.25) is 0 Å². The van der Waals surface area contributed by atoms with E-state index < -0.39 is 0 Å². The Morgan fingerprint density at radius 2 is 0.917 bits per heavy atom. The van der Waals surface area contributed by atoms with E-state index >= 15 is 0 Å². The molecule has 1 aromatic heterocycles. The van der Waals surface area contributed by atoms with Gasteiger partial charge in [0.2, 0.25) is 0 Å². The highest BCUT2D eigenvalue weighted by molar-refractivity contribution is 5.80. The minimum absolute atomic E-state index is 0.870. The molecule has 0 spiro atoms. The van der Waals surface area contributed by atoms with Gasteiger partial charge in [0.1, 0.15) is 0 Å². The normalized spacial score (nSPS) is 10.5. The molecule has 0 radical (unpaired) electrons. The number of hydrogen-bond acceptors (Lipinski definition) is 0. The Balaban J connectivity index is 1.92. The van der Waals surface area contributed by atoms with Crippen LogP contribution in [0.2, 0.25) is 0 Å². The highest BCUT2D eigenvalue weighted by Crippen LogP contribution is 2.35. The summed E-state index contributed by atoms with van der Waals surface area (Å²) in [5.41, 5.74) is 4.41. The first-order chi connectivity index (χ1) is 11.9. The molecule has 3 aromatic carbocycles. The van der Waals surface area contributed by atoms with E-state index in [9.17, 15) is 0 Å². The largest absolute Gasteiger partial charge is 0.368 e. The van der Waals surface area contributed by atoms with Gasteiger partial charge < -0.3 is 0 Å². The predicted molar refractivity (Wildman–Crippen MR) is 99.4 cm³/mol. The van der Waals surface area contributed by atoms with E-state index in [1.54, 1.807) is 0 Å². The van der Waals surface area contributed by atoms with Crippen molar-refractivity contribution >= 4 is 0 Å². The molecular weight excluding hydrogens is 292 g/mol. The maximum atomic E-state index is 6.34. The molecule has 0 aliphatic rings. The molecule has 114 valence electrons. The summed E-state index contributed by atoms with van der Waals surface area (Å²) in [6.45, 7) is 0. The highest BCUT2D eigenvalue weighted by Gasteiger charge is 2.23. The zero-order valence-electron chi connectivity index (χ0n) is 13.2. The number of benzene rings is 3. The second kappa shape index (κ2) is 6.51. The summed E-state index contributed by atoms with van der Waals surface area (Å²) < 4.78 is 6.34. The van der Waals surface area contributed by atoms with Gasteiger partial charge in [-0.1, -0.05) is 66.7 Å². The van der Waals surface area contributed by atoms with Gasteiger partial charge in [0.25, 0.3) is 0 Å². The Labute approximate surface area is 141 Å². The van der Waals surface area contributed by atoms with Crippen molar-refractivity contribution in [1.29, 1.82) is 0 Å². The maximum absolute atomic E-state index is 6.34. The Morgan fingerprint density at radius 1 is 0.417 bits per heavy atom. The molecule has 0 aliphatic heterocycles. The number of hydrogen-bond donors (Lipinski definition) is 0. The van der Waals surface area contributed by atoms with Crippen molar-refractivity contribution in [1.82, 2.24) is 0 Å². The van der Waals surface area contributed by atoms with Crippen molar-refractivity contribution < 1.29 is 4.42 Å². The van der Waals surface area contributed by atoms with Gasteiger partial charge in [-0.15, -0.1) is 0 Å². The van der Waals surface area contributed by atoms with E-state index in [0.717, 1.165) is 33.8 Å². The fourth-order valence-electron chi connectivity index (χ4n) is 2.84. The Bertz CT molecular complexity index is 929. The second-order valence-electron chi connectivity index (χ2n) is 5.64. The molecule has 0 atom stereocenters. The van der Waals surface area contributed by atoms with E-state index in [0.29, 0.717) is 0 Å². The third-order valence-corrected chi connectivity index (χ3v) is 4.04. The van der Waals surface area contributed by atoms with Crippen LogP contribution >= 0.6 is 0 Å². The van der Waals surface area contributed by atoms with Crippen LogP contribution in [-0.4, -0.2) is 0 Å². The fourth-order valence-corrected chi connectivity index (χ4v) is 2.84. The first-order valence-electron chi connectivity index (χ1n) is 8.05.